The molecule has 2 amide bonds. The summed E-state index contributed by atoms with van der Waals surface area (Å²) in [6, 6.07) is 7.99. The third-order valence-electron chi connectivity index (χ3n) is 5.07. The summed E-state index contributed by atoms with van der Waals surface area (Å²) in [5.41, 5.74) is 8.01. The van der Waals surface area contributed by atoms with Crippen LogP contribution in [0.5, 0.6) is 5.75 Å². The number of benzene rings is 1. The number of amides is 2. The molecular weight excluding hydrogens is 386 g/mol. The predicted octanol–water partition coefficient (Wildman–Crippen LogP) is 2.17. The van der Waals surface area contributed by atoms with Crippen LogP contribution in [0.15, 0.2) is 40.9 Å². The summed E-state index contributed by atoms with van der Waals surface area (Å²) < 4.78 is 11.8. The zero-order chi connectivity index (χ0) is 21.3. The quantitative estimate of drug-likeness (QED) is 0.523. The van der Waals surface area contributed by atoms with E-state index in [2.05, 4.69) is 10.3 Å². The largest absolute Gasteiger partial charge is 0.489 e. The molecule has 3 aromatic rings. The summed E-state index contributed by atoms with van der Waals surface area (Å²) in [7, 11) is 0. The molecule has 1 aliphatic rings. The highest BCUT2D eigenvalue weighted by atomic mass is 16.5. The number of hydrogen-bond acceptors (Lipinski definition) is 6. The molecule has 1 aliphatic carbocycles. The van der Waals surface area contributed by atoms with Gasteiger partial charge in [0.2, 0.25) is 5.91 Å². The molecule has 1 saturated carbocycles. The summed E-state index contributed by atoms with van der Waals surface area (Å²) in [5, 5.41) is 12.4. The van der Waals surface area contributed by atoms with E-state index in [4.69, 9.17) is 14.9 Å². The van der Waals surface area contributed by atoms with Crippen LogP contribution in [0.2, 0.25) is 0 Å². The van der Waals surface area contributed by atoms with Crippen molar-refractivity contribution in [2.75, 3.05) is 6.61 Å². The minimum Gasteiger partial charge on any atom is -0.489 e. The van der Waals surface area contributed by atoms with Crippen LogP contribution in [0.3, 0.4) is 0 Å². The minimum absolute atomic E-state index is 0.169. The molecule has 0 unspecified atom stereocenters. The lowest BCUT2D eigenvalue weighted by atomic mass is 10.1. The fourth-order valence-electron chi connectivity index (χ4n) is 3.24. The maximum atomic E-state index is 12.9. The first-order valence-electron chi connectivity index (χ1n) is 9.78. The number of furan rings is 1. The van der Waals surface area contributed by atoms with E-state index in [1.165, 1.54) is 0 Å². The molecule has 2 heterocycles. The van der Waals surface area contributed by atoms with Gasteiger partial charge in [0.15, 0.2) is 0 Å². The Morgan fingerprint density at radius 1 is 1.33 bits per heavy atom. The number of rotatable bonds is 8. The predicted molar refractivity (Wildman–Crippen MR) is 109 cm³/mol. The average Bonchev–Trinajstić information content (AvgIpc) is 3.51. The molecule has 156 valence electrons. The lowest BCUT2D eigenvalue weighted by molar-refractivity contribution is -0.120. The molecule has 0 bridgehead atoms. The Labute approximate surface area is 173 Å². The molecule has 2 aromatic heterocycles. The molecule has 1 atom stereocenters. The molecule has 1 aromatic carbocycles. The number of pyridine rings is 1. The fourth-order valence-corrected chi connectivity index (χ4v) is 3.24. The number of ether oxygens (including phenoxy) is 1. The van der Waals surface area contributed by atoms with Crippen molar-refractivity contribution in [2.45, 2.75) is 38.3 Å². The Hall–Kier alpha value is -3.39. The van der Waals surface area contributed by atoms with Crippen molar-refractivity contribution in [3.63, 3.8) is 0 Å². The SMILES string of the molecule is Cc1ccc(COc2ccc3oc(C4CC4)c(C(=O)N[C@@H](CO)C(N)=O)c3c2)cn1. The topological polar surface area (TPSA) is 128 Å². The second-order valence-electron chi connectivity index (χ2n) is 7.48. The van der Waals surface area contributed by atoms with Crippen LogP contribution in [0.1, 0.15) is 46.1 Å². The van der Waals surface area contributed by atoms with Crippen molar-refractivity contribution in [2.24, 2.45) is 5.73 Å². The number of aliphatic hydroxyl groups is 1. The zero-order valence-corrected chi connectivity index (χ0v) is 16.6. The van der Waals surface area contributed by atoms with Gasteiger partial charge in [-0.25, -0.2) is 0 Å². The number of hydrogen-bond donors (Lipinski definition) is 3. The van der Waals surface area contributed by atoms with Gasteiger partial charge in [0.1, 0.15) is 29.7 Å². The number of primary amides is 1. The molecule has 4 rings (SSSR count). The lowest BCUT2D eigenvalue weighted by Crippen LogP contribution is -2.46. The van der Waals surface area contributed by atoms with Crippen LogP contribution in [0, 0.1) is 6.92 Å². The molecule has 8 heteroatoms. The smallest absolute Gasteiger partial charge is 0.256 e. The maximum absolute atomic E-state index is 12.9. The van der Waals surface area contributed by atoms with E-state index in [0.29, 0.717) is 34.6 Å². The first kappa shape index (κ1) is 19.9. The third-order valence-corrected chi connectivity index (χ3v) is 5.07. The van der Waals surface area contributed by atoms with Crippen LogP contribution in [0.25, 0.3) is 11.0 Å². The van der Waals surface area contributed by atoms with Crippen LogP contribution in [-0.4, -0.2) is 34.6 Å². The maximum Gasteiger partial charge on any atom is 0.256 e. The van der Waals surface area contributed by atoms with Crippen molar-refractivity contribution in [1.82, 2.24) is 10.3 Å². The standard InChI is InChI=1S/C22H23N3O5/c1-12-2-3-13(9-24-12)11-29-15-6-7-18-16(8-15)19(20(30-18)14-4-5-14)22(28)25-17(10-26)21(23)27/h2-3,6-9,14,17,26H,4-5,10-11H2,1H3,(H2,23,27)(H,25,28)/t17-/m0/s1. The molecule has 1 fully saturated rings. The van der Waals surface area contributed by atoms with Gasteiger partial charge in [-0.1, -0.05) is 6.07 Å². The Bertz CT molecular complexity index is 1090. The van der Waals surface area contributed by atoms with Crippen molar-refractivity contribution in [3.05, 3.63) is 59.1 Å². The molecule has 0 saturated heterocycles. The van der Waals surface area contributed by atoms with Crippen LogP contribution in [-0.2, 0) is 11.4 Å². The number of nitrogens with one attached hydrogen (secondary N) is 1. The molecule has 4 N–H and O–H groups in total. The molecule has 0 spiro atoms. The van der Waals surface area contributed by atoms with Gasteiger partial charge in [-0.15, -0.1) is 0 Å². The Kier molecular flexibility index (Phi) is 5.41. The third kappa shape index (κ3) is 4.13. The van der Waals surface area contributed by atoms with E-state index in [-0.39, 0.29) is 5.92 Å². The Morgan fingerprint density at radius 2 is 2.13 bits per heavy atom. The van der Waals surface area contributed by atoms with E-state index < -0.39 is 24.5 Å². The molecular formula is C22H23N3O5. The highest BCUT2D eigenvalue weighted by Gasteiger charge is 2.34. The lowest BCUT2D eigenvalue weighted by Gasteiger charge is -2.13. The van der Waals surface area contributed by atoms with E-state index in [0.717, 1.165) is 24.1 Å². The van der Waals surface area contributed by atoms with E-state index in [1.807, 2.05) is 19.1 Å². The van der Waals surface area contributed by atoms with Crippen LogP contribution < -0.4 is 15.8 Å². The molecule has 30 heavy (non-hydrogen) atoms. The second kappa shape index (κ2) is 8.16. The summed E-state index contributed by atoms with van der Waals surface area (Å²) in [4.78, 5) is 28.6. The van der Waals surface area contributed by atoms with Crippen molar-refractivity contribution < 1.29 is 23.8 Å². The van der Waals surface area contributed by atoms with Gasteiger partial charge in [0.25, 0.3) is 5.91 Å². The van der Waals surface area contributed by atoms with Gasteiger partial charge in [0, 0.05) is 28.8 Å². The number of nitrogens with two attached hydrogens (primary N) is 1. The highest BCUT2D eigenvalue weighted by Crippen LogP contribution is 2.45. The van der Waals surface area contributed by atoms with Gasteiger partial charge in [0.05, 0.1) is 12.2 Å². The fraction of sp³-hybridized carbons (Fsp3) is 0.318. The van der Waals surface area contributed by atoms with E-state index in [1.54, 1.807) is 24.4 Å². The van der Waals surface area contributed by atoms with Crippen LogP contribution in [0.4, 0.5) is 0 Å². The number of nitrogens with zero attached hydrogens (tertiary/aromatic N) is 1. The molecule has 8 nitrogen and oxygen atoms in total. The zero-order valence-electron chi connectivity index (χ0n) is 16.6. The first-order chi connectivity index (χ1) is 14.5. The van der Waals surface area contributed by atoms with Gasteiger partial charge in [-0.3, -0.25) is 14.6 Å². The van der Waals surface area contributed by atoms with Crippen LogP contribution >= 0.6 is 0 Å². The summed E-state index contributed by atoms with van der Waals surface area (Å²) in [5.74, 6) is 0.0236. The number of carbonyl (C=O) groups excluding carboxylic acids is 2. The monoisotopic (exact) mass is 409 g/mol. The Morgan fingerprint density at radius 3 is 2.77 bits per heavy atom. The van der Waals surface area contributed by atoms with Crippen molar-refractivity contribution in [3.8, 4) is 5.75 Å². The number of carbonyl (C=O) groups is 2. The van der Waals surface area contributed by atoms with Crippen molar-refractivity contribution in [1.29, 1.82) is 0 Å². The number of aliphatic hydroxyl groups excluding tert-OH is 1. The van der Waals surface area contributed by atoms with E-state index >= 15 is 0 Å². The number of fused-ring (bicyclic) bond motifs is 1. The minimum atomic E-state index is -1.16. The summed E-state index contributed by atoms with van der Waals surface area (Å²) in [6.45, 7) is 1.68. The van der Waals surface area contributed by atoms with Crippen molar-refractivity contribution >= 4 is 22.8 Å². The highest BCUT2D eigenvalue weighted by molar-refractivity contribution is 6.09. The van der Waals surface area contributed by atoms with Gasteiger partial charge < -0.3 is 25.3 Å². The first-order valence-corrected chi connectivity index (χ1v) is 9.78. The number of aromatic nitrogens is 1. The van der Waals surface area contributed by atoms with Gasteiger partial charge >= 0.3 is 0 Å². The van der Waals surface area contributed by atoms with Gasteiger partial charge in [-0.2, -0.15) is 0 Å². The average molecular weight is 409 g/mol. The second-order valence-corrected chi connectivity index (χ2v) is 7.48. The summed E-state index contributed by atoms with van der Waals surface area (Å²) >= 11 is 0. The molecule has 0 aliphatic heterocycles. The Balaban J connectivity index is 1.63. The molecule has 0 radical (unpaired) electrons. The number of aryl methyl sites for hydroxylation is 1. The van der Waals surface area contributed by atoms with E-state index in [9.17, 15) is 14.7 Å². The van der Waals surface area contributed by atoms with Gasteiger partial charge in [-0.05, 0) is 44.0 Å². The summed E-state index contributed by atoms with van der Waals surface area (Å²) in [6.07, 6.45) is 3.63. The normalized spacial score (nSPS) is 14.5.